The second-order valence-electron chi connectivity index (χ2n) is 5.58. The van der Waals surface area contributed by atoms with Crippen molar-refractivity contribution in [1.82, 2.24) is 9.88 Å². The first-order valence-electron chi connectivity index (χ1n) is 7.74. The van der Waals surface area contributed by atoms with Gasteiger partial charge in [-0.3, -0.25) is 4.79 Å². The number of amides is 1. The van der Waals surface area contributed by atoms with Gasteiger partial charge in [0.2, 0.25) is 0 Å². The highest BCUT2D eigenvalue weighted by Crippen LogP contribution is 2.26. The molecule has 0 aliphatic heterocycles. The number of para-hydroxylation sites is 1. The van der Waals surface area contributed by atoms with Crippen molar-refractivity contribution in [2.24, 2.45) is 0 Å². The molecule has 0 saturated carbocycles. The van der Waals surface area contributed by atoms with E-state index < -0.39 is 15.9 Å². The number of hydrogen-bond acceptors (Lipinski definition) is 7. The average molecular weight is 427 g/mol. The van der Waals surface area contributed by atoms with Crippen molar-refractivity contribution in [3.63, 3.8) is 0 Å². The molecule has 0 saturated heterocycles. The van der Waals surface area contributed by atoms with E-state index >= 15 is 0 Å². The number of aromatic nitrogens is 1. The Labute approximate surface area is 165 Å². The fraction of sp³-hybridized carbons (Fsp3) is 0.176. The standard InChI is InChI=1S/C17H15ClN2O5S2/c1-10-13(11(2)25-19-10)9-24-14-6-4-3-5-12(14)17(21)20-27(22,23)16-8-7-15(18)26-16/h3-8H,9H2,1-2H3,(H,20,21). The van der Waals surface area contributed by atoms with Crippen LogP contribution in [0.4, 0.5) is 0 Å². The molecule has 7 nitrogen and oxygen atoms in total. The minimum Gasteiger partial charge on any atom is -0.488 e. The van der Waals surface area contributed by atoms with E-state index in [2.05, 4.69) is 5.16 Å². The molecule has 0 spiro atoms. The number of thiophene rings is 1. The van der Waals surface area contributed by atoms with Gasteiger partial charge in [-0.25, -0.2) is 13.1 Å². The highest BCUT2D eigenvalue weighted by Gasteiger charge is 2.23. The quantitative estimate of drug-likeness (QED) is 0.645. The molecular formula is C17H15ClN2O5S2. The fourth-order valence-corrected chi connectivity index (χ4v) is 4.76. The summed E-state index contributed by atoms with van der Waals surface area (Å²) in [6.45, 7) is 3.68. The van der Waals surface area contributed by atoms with Crippen molar-refractivity contribution in [3.05, 3.63) is 63.3 Å². The number of nitrogens with one attached hydrogen (secondary N) is 1. The summed E-state index contributed by atoms with van der Waals surface area (Å²) in [7, 11) is -4.02. The lowest BCUT2D eigenvalue weighted by molar-refractivity contribution is 0.0977. The minimum absolute atomic E-state index is 0.0463. The third-order valence-corrected chi connectivity index (χ3v) is 6.78. The first-order chi connectivity index (χ1) is 12.8. The average Bonchev–Trinajstić information content (AvgIpc) is 3.19. The summed E-state index contributed by atoms with van der Waals surface area (Å²) >= 11 is 6.63. The molecule has 0 bridgehead atoms. The number of carbonyl (C=O) groups excluding carboxylic acids is 1. The van der Waals surface area contributed by atoms with Gasteiger partial charge in [-0.05, 0) is 38.1 Å². The van der Waals surface area contributed by atoms with E-state index in [4.69, 9.17) is 20.9 Å². The number of nitrogens with zero attached hydrogens (tertiary/aromatic N) is 1. The van der Waals surface area contributed by atoms with E-state index in [1.165, 1.54) is 18.2 Å². The molecule has 27 heavy (non-hydrogen) atoms. The van der Waals surface area contributed by atoms with Gasteiger partial charge in [-0.2, -0.15) is 0 Å². The van der Waals surface area contributed by atoms with Gasteiger partial charge in [0.15, 0.2) is 0 Å². The Morgan fingerprint density at radius 3 is 2.63 bits per heavy atom. The summed E-state index contributed by atoms with van der Waals surface area (Å²) in [5, 5.41) is 3.85. The topological polar surface area (TPSA) is 98.5 Å². The molecular weight excluding hydrogens is 412 g/mol. The molecule has 0 fully saturated rings. The Morgan fingerprint density at radius 2 is 2.00 bits per heavy atom. The number of halogens is 1. The highest BCUT2D eigenvalue weighted by atomic mass is 35.5. The zero-order valence-corrected chi connectivity index (χ0v) is 16.7. The first kappa shape index (κ1) is 19.4. The van der Waals surface area contributed by atoms with E-state index in [0.29, 0.717) is 15.8 Å². The Morgan fingerprint density at radius 1 is 1.26 bits per heavy atom. The predicted molar refractivity (Wildman–Crippen MR) is 101 cm³/mol. The number of hydrogen-bond donors (Lipinski definition) is 1. The molecule has 0 atom stereocenters. The van der Waals surface area contributed by atoms with E-state index in [1.807, 2.05) is 4.72 Å². The SMILES string of the molecule is Cc1noc(C)c1COc1ccccc1C(=O)NS(=O)(=O)c1ccc(Cl)s1. The van der Waals surface area contributed by atoms with Crippen molar-refractivity contribution in [3.8, 4) is 5.75 Å². The van der Waals surface area contributed by atoms with Crippen LogP contribution in [0.25, 0.3) is 0 Å². The number of sulfonamides is 1. The third kappa shape index (κ3) is 4.32. The van der Waals surface area contributed by atoms with Crippen LogP contribution in [0.5, 0.6) is 5.75 Å². The predicted octanol–water partition coefficient (Wildman–Crippen LogP) is 3.70. The van der Waals surface area contributed by atoms with Crippen LogP contribution >= 0.6 is 22.9 Å². The second-order valence-corrected chi connectivity index (χ2v) is 9.21. The van der Waals surface area contributed by atoms with Crippen LogP contribution in [0.1, 0.15) is 27.4 Å². The van der Waals surface area contributed by atoms with E-state index in [1.54, 1.807) is 32.0 Å². The summed E-state index contributed by atoms with van der Waals surface area (Å²) in [5.74, 6) is 0.0647. The summed E-state index contributed by atoms with van der Waals surface area (Å²) in [4.78, 5) is 12.5. The largest absolute Gasteiger partial charge is 0.488 e. The molecule has 0 aliphatic carbocycles. The van der Waals surface area contributed by atoms with Gasteiger partial charge in [0, 0.05) is 0 Å². The van der Waals surface area contributed by atoms with Crippen LogP contribution in [-0.2, 0) is 16.6 Å². The lowest BCUT2D eigenvalue weighted by atomic mass is 10.2. The van der Waals surface area contributed by atoms with Crippen LogP contribution in [0, 0.1) is 13.8 Å². The molecule has 0 radical (unpaired) electrons. The van der Waals surface area contributed by atoms with Gasteiger partial charge < -0.3 is 9.26 Å². The number of carbonyl (C=O) groups is 1. The molecule has 3 rings (SSSR count). The lowest BCUT2D eigenvalue weighted by Crippen LogP contribution is -2.30. The van der Waals surface area contributed by atoms with Crippen LogP contribution < -0.4 is 9.46 Å². The van der Waals surface area contributed by atoms with Crippen LogP contribution in [0.2, 0.25) is 4.34 Å². The molecule has 0 aliphatic rings. The number of ether oxygens (including phenoxy) is 1. The summed E-state index contributed by atoms with van der Waals surface area (Å²) < 4.78 is 37.8. The smallest absolute Gasteiger partial charge is 0.273 e. The zero-order chi connectivity index (χ0) is 19.6. The summed E-state index contributed by atoms with van der Waals surface area (Å²) in [6.07, 6.45) is 0. The molecule has 1 amide bonds. The molecule has 0 unspecified atom stereocenters. The van der Waals surface area contributed by atoms with Gasteiger partial charge in [-0.15, -0.1) is 11.3 Å². The Bertz CT molecular complexity index is 1070. The van der Waals surface area contributed by atoms with Gasteiger partial charge in [0.25, 0.3) is 15.9 Å². The van der Waals surface area contributed by atoms with Gasteiger partial charge in [0.05, 0.1) is 21.2 Å². The van der Waals surface area contributed by atoms with Crippen molar-refractivity contribution in [1.29, 1.82) is 0 Å². The van der Waals surface area contributed by atoms with E-state index in [-0.39, 0.29) is 22.1 Å². The van der Waals surface area contributed by atoms with Gasteiger partial charge in [0.1, 0.15) is 22.3 Å². The maximum Gasteiger partial charge on any atom is 0.273 e. The maximum absolute atomic E-state index is 12.5. The molecule has 142 valence electrons. The van der Waals surface area contributed by atoms with Crippen LogP contribution in [0.15, 0.2) is 45.1 Å². The van der Waals surface area contributed by atoms with Crippen molar-refractivity contribution < 1.29 is 22.5 Å². The van der Waals surface area contributed by atoms with Gasteiger partial charge in [-0.1, -0.05) is 28.9 Å². The fourth-order valence-electron chi connectivity index (χ4n) is 2.31. The zero-order valence-electron chi connectivity index (χ0n) is 14.4. The van der Waals surface area contributed by atoms with Crippen molar-refractivity contribution in [2.45, 2.75) is 24.7 Å². The molecule has 10 heteroatoms. The first-order valence-corrected chi connectivity index (χ1v) is 10.4. The minimum atomic E-state index is -4.02. The van der Waals surface area contributed by atoms with Crippen LogP contribution in [-0.4, -0.2) is 19.5 Å². The van der Waals surface area contributed by atoms with Crippen molar-refractivity contribution in [2.75, 3.05) is 0 Å². The van der Waals surface area contributed by atoms with Gasteiger partial charge >= 0.3 is 0 Å². The molecule has 2 heterocycles. The monoisotopic (exact) mass is 426 g/mol. The maximum atomic E-state index is 12.5. The van der Waals surface area contributed by atoms with E-state index in [0.717, 1.165) is 16.9 Å². The molecule has 2 aromatic heterocycles. The number of aryl methyl sites for hydroxylation is 2. The Hall–Kier alpha value is -2.36. The molecule has 1 N–H and O–H groups in total. The molecule has 3 aromatic rings. The Kier molecular flexibility index (Phi) is 5.54. The number of benzene rings is 1. The normalized spacial score (nSPS) is 11.4. The second kappa shape index (κ2) is 7.71. The lowest BCUT2D eigenvalue weighted by Gasteiger charge is -2.11. The van der Waals surface area contributed by atoms with E-state index in [9.17, 15) is 13.2 Å². The van der Waals surface area contributed by atoms with Crippen LogP contribution in [0.3, 0.4) is 0 Å². The molecule has 1 aromatic carbocycles. The summed E-state index contributed by atoms with van der Waals surface area (Å²) in [6, 6.07) is 9.16. The highest BCUT2D eigenvalue weighted by molar-refractivity contribution is 7.92. The van der Waals surface area contributed by atoms with Crippen molar-refractivity contribution >= 4 is 38.9 Å². The Balaban J connectivity index is 1.80. The number of rotatable bonds is 6. The summed E-state index contributed by atoms with van der Waals surface area (Å²) in [5.41, 5.74) is 1.55. The third-order valence-electron chi connectivity index (χ3n) is 3.73.